The van der Waals surface area contributed by atoms with E-state index in [4.69, 9.17) is 17.5 Å². The van der Waals surface area contributed by atoms with Gasteiger partial charge in [0.05, 0.1) is 0 Å². The van der Waals surface area contributed by atoms with Gasteiger partial charge < -0.3 is 4.74 Å². The summed E-state index contributed by atoms with van der Waals surface area (Å²) >= 11 is 0. The number of ether oxygens (including phenoxy) is 1. The number of hydrogen-bond donors (Lipinski definition) is 2. The van der Waals surface area contributed by atoms with Crippen LogP contribution in [-0.2, 0) is 19.9 Å². The first-order valence-corrected chi connectivity index (χ1v) is 4.31. The molecule has 6 nitrogen and oxygen atoms in total. The van der Waals surface area contributed by atoms with Crippen molar-refractivity contribution in [1.82, 2.24) is 0 Å². The third-order valence-electron chi connectivity index (χ3n) is 0.510. The van der Waals surface area contributed by atoms with E-state index in [2.05, 4.69) is 17.9 Å². The first-order valence-electron chi connectivity index (χ1n) is 2.91. The lowest BCUT2D eigenvalue weighted by Crippen LogP contribution is -1.98. The molecule has 0 spiro atoms. The van der Waals surface area contributed by atoms with Gasteiger partial charge in [0, 0.05) is 6.08 Å². The van der Waals surface area contributed by atoms with Crippen LogP contribution >= 0.6 is 0 Å². The Hall–Kier alpha value is -1.18. The van der Waals surface area contributed by atoms with Gasteiger partial charge in [-0.05, 0) is 0 Å². The van der Waals surface area contributed by atoms with Crippen LogP contribution in [0.3, 0.4) is 0 Å². The molecule has 0 aliphatic carbocycles. The minimum Gasteiger partial charge on any atom is -0.458 e. The van der Waals surface area contributed by atoms with Gasteiger partial charge in [0.1, 0.15) is 6.61 Å². The predicted octanol–water partition coefficient (Wildman–Crippen LogP) is 0.249. The molecule has 0 atom stereocenters. The molecule has 0 saturated heterocycles. The molecule has 0 aliphatic rings. The average Bonchev–Trinajstić information content (AvgIpc) is 1.97. The molecule has 0 aromatic carbocycles. The molecule has 0 unspecified atom stereocenters. The van der Waals surface area contributed by atoms with Gasteiger partial charge in [0.25, 0.3) is 0 Å². The maximum absolute atomic E-state index is 10.2. The normalized spacial score (nSPS) is 9.08. The number of carbonyl (C=O) groups excluding carboxylic acids is 1. The molecule has 0 aliphatic heterocycles. The Morgan fingerprint density at radius 1 is 1.38 bits per heavy atom. The summed E-state index contributed by atoms with van der Waals surface area (Å²) in [5.74, 6) is -0.412. The summed E-state index contributed by atoms with van der Waals surface area (Å²) in [6, 6.07) is 0. The van der Waals surface area contributed by atoms with Gasteiger partial charge in [-0.2, -0.15) is 8.42 Å². The summed E-state index contributed by atoms with van der Waals surface area (Å²) in [7, 11) is -4.67. The van der Waals surface area contributed by atoms with Gasteiger partial charge in [0.15, 0.2) is 0 Å². The lowest BCUT2D eigenvalue weighted by molar-refractivity contribution is -0.136. The Bertz CT molecular complexity index is 257. The van der Waals surface area contributed by atoms with Crippen molar-refractivity contribution in [1.29, 1.82) is 0 Å². The molecule has 0 bridgehead atoms. The molecule has 7 heteroatoms. The van der Waals surface area contributed by atoms with Gasteiger partial charge in [0.2, 0.25) is 0 Å². The summed E-state index contributed by atoms with van der Waals surface area (Å²) < 4.78 is 36.0. The van der Waals surface area contributed by atoms with Crippen LogP contribution < -0.4 is 0 Å². The number of carbonyl (C=O) groups is 1. The van der Waals surface area contributed by atoms with E-state index in [-0.39, 0.29) is 6.61 Å². The van der Waals surface area contributed by atoms with Crippen molar-refractivity contribution in [2.45, 2.75) is 0 Å². The fraction of sp³-hybridized carbons (Fsp3) is 0.167. The van der Waals surface area contributed by atoms with E-state index in [1.807, 2.05) is 0 Å². The van der Waals surface area contributed by atoms with Gasteiger partial charge >= 0.3 is 16.4 Å². The first-order chi connectivity index (χ1) is 5.81. The standard InChI is InChI=1S/C6H8O2.H2O4S/c1-3-5-8-6(7)4-2;1-5(2,3)4/h3-4H,1-2,5H2;(H2,1,2,3,4). The highest BCUT2D eigenvalue weighted by atomic mass is 32.3. The van der Waals surface area contributed by atoms with Crippen molar-refractivity contribution in [3.05, 3.63) is 25.3 Å². The number of hydrogen-bond acceptors (Lipinski definition) is 4. The van der Waals surface area contributed by atoms with E-state index in [0.29, 0.717) is 0 Å². The Morgan fingerprint density at radius 3 is 2.00 bits per heavy atom. The molecular weight excluding hydrogens is 200 g/mol. The van der Waals surface area contributed by atoms with Crippen molar-refractivity contribution in [2.75, 3.05) is 6.61 Å². The molecule has 0 heterocycles. The third kappa shape index (κ3) is 36.2. The zero-order chi connectivity index (χ0) is 10.9. The Labute approximate surface area is 76.1 Å². The molecule has 0 rings (SSSR count). The zero-order valence-electron chi connectivity index (χ0n) is 6.71. The smallest absolute Gasteiger partial charge is 0.394 e. The summed E-state index contributed by atoms with van der Waals surface area (Å²) in [6.07, 6.45) is 2.62. The number of rotatable bonds is 3. The molecule has 76 valence electrons. The predicted molar refractivity (Wildman–Crippen MR) is 45.5 cm³/mol. The molecule has 13 heavy (non-hydrogen) atoms. The van der Waals surface area contributed by atoms with Gasteiger partial charge in [-0.1, -0.05) is 19.2 Å². The van der Waals surface area contributed by atoms with E-state index < -0.39 is 16.4 Å². The van der Waals surface area contributed by atoms with Crippen molar-refractivity contribution >= 4 is 16.4 Å². The van der Waals surface area contributed by atoms with Crippen molar-refractivity contribution in [3.8, 4) is 0 Å². The molecule has 2 N–H and O–H groups in total. The molecule has 0 aromatic rings. The summed E-state index contributed by atoms with van der Waals surface area (Å²) in [5, 5.41) is 0. The molecule has 0 fully saturated rings. The monoisotopic (exact) mass is 210 g/mol. The lowest BCUT2D eigenvalue weighted by atomic mass is 10.6. The average molecular weight is 210 g/mol. The summed E-state index contributed by atoms with van der Waals surface area (Å²) in [4.78, 5) is 10.2. The van der Waals surface area contributed by atoms with E-state index in [9.17, 15) is 4.79 Å². The molecule has 0 radical (unpaired) electrons. The Balaban J connectivity index is 0. The highest BCUT2D eigenvalue weighted by Gasteiger charge is 1.88. The van der Waals surface area contributed by atoms with Crippen LogP contribution in [-0.4, -0.2) is 30.1 Å². The summed E-state index contributed by atoms with van der Waals surface area (Å²) in [5.41, 5.74) is 0. The minimum atomic E-state index is -4.67. The summed E-state index contributed by atoms with van der Waals surface area (Å²) in [6.45, 7) is 6.81. The van der Waals surface area contributed by atoms with Crippen LogP contribution in [0.4, 0.5) is 0 Å². The Morgan fingerprint density at radius 2 is 1.77 bits per heavy atom. The number of esters is 1. The second-order valence-electron chi connectivity index (χ2n) is 1.57. The van der Waals surface area contributed by atoms with Crippen LogP contribution in [0.1, 0.15) is 0 Å². The highest BCUT2D eigenvalue weighted by Crippen LogP contribution is 1.77. The second kappa shape index (κ2) is 7.47. The van der Waals surface area contributed by atoms with Crippen molar-refractivity contribution < 1.29 is 27.1 Å². The SMILES string of the molecule is C=CCOC(=O)C=C.O=S(=O)(O)O. The van der Waals surface area contributed by atoms with Crippen LogP contribution in [0, 0.1) is 0 Å². The van der Waals surface area contributed by atoms with Crippen molar-refractivity contribution in [3.63, 3.8) is 0 Å². The van der Waals surface area contributed by atoms with Crippen LogP contribution in [0.25, 0.3) is 0 Å². The maximum atomic E-state index is 10.2. The van der Waals surface area contributed by atoms with Crippen molar-refractivity contribution in [2.24, 2.45) is 0 Å². The quantitative estimate of drug-likeness (QED) is 0.299. The second-order valence-corrected chi connectivity index (χ2v) is 2.47. The molecule has 0 saturated carbocycles. The van der Waals surface area contributed by atoms with Gasteiger partial charge in [-0.25, -0.2) is 4.79 Å². The largest absolute Gasteiger partial charge is 0.458 e. The minimum absolute atomic E-state index is 0.255. The molecular formula is C6H10O6S. The van der Waals surface area contributed by atoms with E-state index in [0.717, 1.165) is 6.08 Å². The van der Waals surface area contributed by atoms with E-state index in [1.54, 1.807) is 0 Å². The topological polar surface area (TPSA) is 101 Å². The fourth-order valence-electron chi connectivity index (χ4n) is 0.200. The lowest BCUT2D eigenvalue weighted by Gasteiger charge is -1.92. The molecule has 0 aromatic heterocycles. The van der Waals surface area contributed by atoms with Crippen LogP contribution in [0.5, 0.6) is 0 Å². The Kier molecular flexibility index (Phi) is 8.24. The van der Waals surface area contributed by atoms with Gasteiger partial charge in [-0.15, -0.1) is 0 Å². The fourth-order valence-corrected chi connectivity index (χ4v) is 0.200. The maximum Gasteiger partial charge on any atom is 0.394 e. The highest BCUT2D eigenvalue weighted by molar-refractivity contribution is 7.79. The first kappa shape index (κ1) is 14.3. The van der Waals surface area contributed by atoms with E-state index in [1.165, 1.54) is 6.08 Å². The van der Waals surface area contributed by atoms with Gasteiger partial charge in [-0.3, -0.25) is 9.11 Å². The zero-order valence-corrected chi connectivity index (χ0v) is 7.53. The molecule has 0 amide bonds. The van der Waals surface area contributed by atoms with E-state index >= 15 is 0 Å². The third-order valence-corrected chi connectivity index (χ3v) is 0.510. The van der Waals surface area contributed by atoms with Crippen LogP contribution in [0.15, 0.2) is 25.3 Å². The van der Waals surface area contributed by atoms with Crippen LogP contribution in [0.2, 0.25) is 0 Å².